The molecule has 0 spiro atoms. The Kier molecular flexibility index (Phi) is 8.86. The molecular weight excluding hydrogens is 384 g/mol. The van der Waals surface area contributed by atoms with Gasteiger partial charge in [-0.15, -0.1) is 0 Å². The first-order chi connectivity index (χ1) is 13.9. The fraction of sp³-hybridized carbons (Fsp3) is 0.435. The summed E-state index contributed by atoms with van der Waals surface area (Å²) in [7, 11) is -1.66. The molecule has 2 rings (SSSR count). The van der Waals surface area contributed by atoms with Gasteiger partial charge in [0, 0.05) is 33.1 Å². The number of carbonyl (C=O) groups is 1. The van der Waals surface area contributed by atoms with Crippen molar-refractivity contribution in [2.45, 2.75) is 51.0 Å². The number of nitrogens with zero attached hydrogens (tertiary/aromatic N) is 2. The summed E-state index contributed by atoms with van der Waals surface area (Å²) in [6.45, 7) is 5.03. The van der Waals surface area contributed by atoms with Crippen molar-refractivity contribution in [1.82, 2.24) is 9.21 Å². The number of aryl methyl sites for hydroxylation is 1. The Morgan fingerprint density at radius 2 is 1.48 bits per heavy atom. The van der Waals surface area contributed by atoms with Gasteiger partial charge in [-0.05, 0) is 42.5 Å². The maximum absolute atomic E-state index is 12.5. The Labute approximate surface area is 175 Å². The first kappa shape index (κ1) is 23.1. The lowest BCUT2D eigenvalue weighted by molar-refractivity contribution is -0.130. The van der Waals surface area contributed by atoms with E-state index in [9.17, 15) is 13.2 Å². The molecule has 0 bridgehead atoms. The third-order valence-corrected chi connectivity index (χ3v) is 7.13. The molecule has 0 aliphatic rings. The first-order valence-electron chi connectivity index (χ1n) is 10.3. The van der Waals surface area contributed by atoms with E-state index in [0.717, 1.165) is 24.8 Å². The lowest BCUT2D eigenvalue weighted by atomic mass is 10.1. The molecule has 0 unspecified atom stereocenters. The third kappa shape index (κ3) is 6.68. The fourth-order valence-corrected chi connectivity index (χ4v) is 4.74. The molecule has 0 heterocycles. The van der Waals surface area contributed by atoms with Gasteiger partial charge < -0.3 is 4.90 Å². The highest BCUT2D eigenvalue weighted by Crippen LogP contribution is 2.17. The summed E-state index contributed by atoms with van der Waals surface area (Å²) in [4.78, 5) is 14.4. The van der Waals surface area contributed by atoms with Crippen molar-refractivity contribution in [3.63, 3.8) is 0 Å². The molecule has 0 saturated heterocycles. The van der Waals surface area contributed by atoms with Crippen LogP contribution in [0.25, 0.3) is 0 Å². The molecule has 0 aromatic heterocycles. The molecule has 0 aliphatic heterocycles. The van der Waals surface area contributed by atoms with Crippen molar-refractivity contribution in [2.75, 3.05) is 20.1 Å². The van der Waals surface area contributed by atoms with Crippen LogP contribution in [0.4, 0.5) is 0 Å². The number of benzene rings is 2. The summed E-state index contributed by atoms with van der Waals surface area (Å²) >= 11 is 0. The molecule has 29 heavy (non-hydrogen) atoms. The highest BCUT2D eigenvalue weighted by Gasteiger charge is 2.21. The Balaban J connectivity index is 1.83. The molecule has 2 aromatic carbocycles. The Bertz CT molecular complexity index is 861. The summed E-state index contributed by atoms with van der Waals surface area (Å²) in [6, 6.07) is 17.1. The van der Waals surface area contributed by atoms with Crippen LogP contribution in [0.15, 0.2) is 59.5 Å². The van der Waals surface area contributed by atoms with Crippen molar-refractivity contribution in [3.05, 3.63) is 65.7 Å². The average Bonchev–Trinajstić information content (AvgIpc) is 2.73. The number of amides is 1. The molecule has 0 radical (unpaired) electrons. The minimum atomic E-state index is -3.45. The first-order valence-corrected chi connectivity index (χ1v) is 11.7. The maximum Gasteiger partial charge on any atom is 0.243 e. The summed E-state index contributed by atoms with van der Waals surface area (Å²) < 4.78 is 26.5. The van der Waals surface area contributed by atoms with Crippen LogP contribution in [0.1, 0.15) is 44.2 Å². The van der Waals surface area contributed by atoms with Crippen LogP contribution in [-0.2, 0) is 27.8 Å². The van der Waals surface area contributed by atoms with Gasteiger partial charge in [0.15, 0.2) is 0 Å². The van der Waals surface area contributed by atoms with E-state index in [2.05, 4.69) is 12.1 Å². The van der Waals surface area contributed by atoms with Crippen LogP contribution in [-0.4, -0.2) is 43.7 Å². The Morgan fingerprint density at radius 1 is 0.862 bits per heavy atom. The minimum absolute atomic E-state index is 0.109. The number of rotatable bonds is 11. The van der Waals surface area contributed by atoms with Gasteiger partial charge in [0.25, 0.3) is 0 Å². The van der Waals surface area contributed by atoms with Crippen molar-refractivity contribution in [3.8, 4) is 0 Å². The number of sulfonamides is 1. The number of carbonyl (C=O) groups excluding carboxylic acids is 1. The van der Waals surface area contributed by atoms with Gasteiger partial charge in [-0.25, -0.2) is 8.42 Å². The monoisotopic (exact) mass is 416 g/mol. The van der Waals surface area contributed by atoms with Crippen LogP contribution >= 0.6 is 0 Å². The summed E-state index contributed by atoms with van der Waals surface area (Å²) in [5.41, 5.74) is 2.22. The molecular formula is C23H32N2O3S. The van der Waals surface area contributed by atoms with Crippen LogP contribution in [0, 0.1) is 0 Å². The zero-order valence-electron chi connectivity index (χ0n) is 17.7. The molecule has 2 aromatic rings. The Hall–Kier alpha value is -2.18. The van der Waals surface area contributed by atoms with Crippen LogP contribution in [0.3, 0.4) is 0 Å². The van der Waals surface area contributed by atoms with Gasteiger partial charge in [-0.1, -0.05) is 56.3 Å². The molecule has 5 nitrogen and oxygen atoms in total. The van der Waals surface area contributed by atoms with Crippen LogP contribution in [0.2, 0.25) is 0 Å². The largest absolute Gasteiger partial charge is 0.341 e. The quantitative estimate of drug-likeness (QED) is 0.519. The summed E-state index contributed by atoms with van der Waals surface area (Å²) in [5.74, 6) is 0.109. The predicted octanol–water partition coefficient (Wildman–Crippen LogP) is 4.09. The van der Waals surface area contributed by atoms with E-state index >= 15 is 0 Å². The predicted molar refractivity (Wildman–Crippen MR) is 117 cm³/mol. The normalized spacial score (nSPS) is 11.6. The van der Waals surface area contributed by atoms with E-state index < -0.39 is 10.0 Å². The number of unbranched alkanes of at least 4 members (excludes halogenated alkanes) is 1. The lowest BCUT2D eigenvalue weighted by Crippen LogP contribution is -2.30. The van der Waals surface area contributed by atoms with Gasteiger partial charge >= 0.3 is 0 Å². The molecule has 0 atom stereocenters. The second-order valence-electron chi connectivity index (χ2n) is 7.18. The van der Waals surface area contributed by atoms with E-state index in [-0.39, 0.29) is 5.91 Å². The second kappa shape index (κ2) is 11.1. The van der Waals surface area contributed by atoms with Crippen molar-refractivity contribution in [2.24, 2.45) is 0 Å². The third-order valence-electron chi connectivity index (χ3n) is 5.06. The van der Waals surface area contributed by atoms with E-state index in [1.165, 1.54) is 9.87 Å². The molecule has 0 aliphatic carbocycles. The second-order valence-corrected chi connectivity index (χ2v) is 9.11. The van der Waals surface area contributed by atoms with Crippen LogP contribution in [0.5, 0.6) is 0 Å². The van der Waals surface area contributed by atoms with Gasteiger partial charge in [-0.2, -0.15) is 4.31 Å². The highest BCUT2D eigenvalue weighted by molar-refractivity contribution is 7.89. The zero-order chi connectivity index (χ0) is 21.3. The lowest BCUT2D eigenvalue weighted by Gasteiger charge is -2.20. The van der Waals surface area contributed by atoms with E-state index in [1.807, 2.05) is 32.0 Å². The minimum Gasteiger partial charge on any atom is -0.341 e. The fourth-order valence-electron chi connectivity index (χ4n) is 3.28. The molecule has 1 amide bonds. The van der Waals surface area contributed by atoms with E-state index in [1.54, 1.807) is 36.2 Å². The summed E-state index contributed by atoms with van der Waals surface area (Å²) in [6.07, 6.45) is 3.36. The van der Waals surface area contributed by atoms with Gasteiger partial charge in [0.1, 0.15) is 0 Å². The van der Waals surface area contributed by atoms with Crippen molar-refractivity contribution >= 4 is 15.9 Å². The van der Waals surface area contributed by atoms with Gasteiger partial charge in [0.05, 0.1) is 4.90 Å². The van der Waals surface area contributed by atoms with Gasteiger partial charge in [-0.3, -0.25) is 4.79 Å². The smallest absolute Gasteiger partial charge is 0.243 e. The van der Waals surface area contributed by atoms with Gasteiger partial charge in [0.2, 0.25) is 15.9 Å². The van der Waals surface area contributed by atoms with E-state index in [0.29, 0.717) is 31.0 Å². The topological polar surface area (TPSA) is 57.7 Å². The number of hydrogen-bond donors (Lipinski definition) is 0. The zero-order valence-corrected chi connectivity index (χ0v) is 18.5. The SMILES string of the molecule is CCN(CC)S(=O)(=O)c1ccc(CN(C)C(=O)CCCCc2ccccc2)cc1. The van der Waals surface area contributed by atoms with Crippen molar-refractivity contribution < 1.29 is 13.2 Å². The molecule has 0 N–H and O–H groups in total. The molecule has 0 saturated carbocycles. The average molecular weight is 417 g/mol. The standard InChI is InChI=1S/C23H32N2O3S/c1-4-25(5-2)29(27,28)22-17-15-21(16-18-22)19-24(3)23(26)14-10-9-13-20-11-7-6-8-12-20/h6-8,11-12,15-18H,4-5,9-10,13-14,19H2,1-3H3. The Morgan fingerprint density at radius 3 is 2.07 bits per heavy atom. The van der Waals surface area contributed by atoms with Crippen LogP contribution < -0.4 is 0 Å². The maximum atomic E-state index is 12.5. The molecule has 158 valence electrons. The summed E-state index contributed by atoms with van der Waals surface area (Å²) in [5, 5.41) is 0. The van der Waals surface area contributed by atoms with Crippen molar-refractivity contribution in [1.29, 1.82) is 0 Å². The van der Waals surface area contributed by atoms with E-state index in [4.69, 9.17) is 0 Å². The molecule has 0 fully saturated rings. The number of hydrogen-bond acceptors (Lipinski definition) is 3. The highest BCUT2D eigenvalue weighted by atomic mass is 32.2. The molecule has 6 heteroatoms.